The quantitative estimate of drug-likeness (QED) is 0.759. The first-order chi connectivity index (χ1) is 8.62. The van der Waals surface area contributed by atoms with Crippen molar-refractivity contribution < 1.29 is 13.5 Å². The summed E-state index contributed by atoms with van der Waals surface area (Å²) >= 11 is 0. The molecule has 18 heavy (non-hydrogen) atoms. The Hall–Kier alpha value is -0.170. The fraction of sp³-hybridized carbons (Fsp3) is 1.00. The van der Waals surface area contributed by atoms with Gasteiger partial charge in [-0.1, -0.05) is 0 Å². The number of aliphatic hydroxyl groups is 1. The van der Waals surface area contributed by atoms with Crippen molar-refractivity contribution in [1.82, 2.24) is 9.62 Å². The van der Waals surface area contributed by atoms with Crippen LogP contribution in [0.25, 0.3) is 0 Å². The SMILES string of the molecule is O=S(=O)(CC1CCNCC1)N1CCC(CO)CC1. The molecule has 0 bridgehead atoms. The topological polar surface area (TPSA) is 69.6 Å². The lowest BCUT2D eigenvalue weighted by Crippen LogP contribution is -2.42. The highest BCUT2D eigenvalue weighted by molar-refractivity contribution is 7.89. The zero-order valence-electron chi connectivity index (χ0n) is 10.8. The largest absolute Gasteiger partial charge is 0.396 e. The summed E-state index contributed by atoms with van der Waals surface area (Å²) in [5.74, 6) is 0.903. The van der Waals surface area contributed by atoms with Crippen LogP contribution in [-0.2, 0) is 10.0 Å². The third kappa shape index (κ3) is 3.66. The van der Waals surface area contributed by atoms with Crippen LogP contribution in [0.2, 0.25) is 0 Å². The highest BCUT2D eigenvalue weighted by Gasteiger charge is 2.30. The number of nitrogens with zero attached hydrogens (tertiary/aromatic N) is 1. The van der Waals surface area contributed by atoms with Crippen LogP contribution < -0.4 is 5.32 Å². The van der Waals surface area contributed by atoms with Crippen molar-refractivity contribution >= 4 is 10.0 Å². The minimum absolute atomic E-state index is 0.183. The Kier molecular flexibility index (Phi) is 5.00. The number of hydrogen-bond donors (Lipinski definition) is 2. The molecule has 0 spiro atoms. The lowest BCUT2D eigenvalue weighted by atomic mass is 10.00. The molecule has 0 aromatic heterocycles. The van der Waals surface area contributed by atoms with Crippen LogP contribution in [0.4, 0.5) is 0 Å². The van der Waals surface area contributed by atoms with Crippen molar-refractivity contribution in [2.75, 3.05) is 38.5 Å². The third-order valence-electron chi connectivity index (χ3n) is 4.13. The molecule has 106 valence electrons. The predicted octanol–water partition coefficient (Wildman–Crippen LogP) is 0.0201. The maximum atomic E-state index is 12.3. The van der Waals surface area contributed by atoms with E-state index in [1.165, 1.54) is 0 Å². The molecule has 0 aliphatic carbocycles. The molecule has 2 fully saturated rings. The molecule has 0 amide bonds. The third-order valence-corrected chi connectivity index (χ3v) is 6.17. The van der Waals surface area contributed by atoms with Gasteiger partial charge in [0, 0.05) is 19.7 Å². The molecule has 0 aromatic rings. The molecule has 5 nitrogen and oxygen atoms in total. The van der Waals surface area contributed by atoms with E-state index in [0.29, 0.717) is 24.8 Å². The molecule has 2 N–H and O–H groups in total. The lowest BCUT2D eigenvalue weighted by Gasteiger charge is -2.32. The number of nitrogens with one attached hydrogen (secondary N) is 1. The van der Waals surface area contributed by atoms with Gasteiger partial charge in [0.05, 0.1) is 5.75 Å². The zero-order chi connectivity index (χ0) is 13.0. The molecule has 2 rings (SSSR count). The van der Waals surface area contributed by atoms with E-state index in [2.05, 4.69) is 5.32 Å². The molecule has 2 heterocycles. The van der Waals surface area contributed by atoms with E-state index < -0.39 is 10.0 Å². The number of sulfonamides is 1. The summed E-state index contributed by atoms with van der Waals surface area (Å²) in [6.07, 6.45) is 3.52. The summed E-state index contributed by atoms with van der Waals surface area (Å²) in [7, 11) is -3.09. The summed E-state index contributed by atoms with van der Waals surface area (Å²) in [4.78, 5) is 0. The maximum Gasteiger partial charge on any atom is 0.214 e. The predicted molar refractivity (Wildman–Crippen MR) is 70.8 cm³/mol. The molecule has 0 aromatic carbocycles. The molecule has 0 radical (unpaired) electrons. The molecule has 2 aliphatic rings. The Morgan fingerprint density at radius 2 is 1.67 bits per heavy atom. The van der Waals surface area contributed by atoms with Gasteiger partial charge in [-0.25, -0.2) is 12.7 Å². The van der Waals surface area contributed by atoms with Crippen molar-refractivity contribution in [2.24, 2.45) is 11.8 Å². The number of aliphatic hydroxyl groups excluding tert-OH is 1. The molecular formula is C12H24N2O3S. The molecular weight excluding hydrogens is 252 g/mol. The second-order valence-corrected chi connectivity index (χ2v) is 7.51. The number of piperidine rings is 2. The highest BCUT2D eigenvalue weighted by atomic mass is 32.2. The Morgan fingerprint density at radius 3 is 2.22 bits per heavy atom. The van der Waals surface area contributed by atoms with E-state index in [0.717, 1.165) is 38.8 Å². The molecule has 0 unspecified atom stereocenters. The first kappa shape index (κ1) is 14.2. The van der Waals surface area contributed by atoms with Crippen LogP contribution in [0.3, 0.4) is 0 Å². The Labute approximate surface area is 110 Å². The van der Waals surface area contributed by atoms with Gasteiger partial charge in [0.15, 0.2) is 0 Å². The van der Waals surface area contributed by atoms with Crippen molar-refractivity contribution in [2.45, 2.75) is 25.7 Å². The van der Waals surface area contributed by atoms with Gasteiger partial charge in [-0.15, -0.1) is 0 Å². The first-order valence-corrected chi connectivity index (χ1v) is 8.52. The monoisotopic (exact) mass is 276 g/mol. The summed E-state index contributed by atoms with van der Waals surface area (Å²) in [6.45, 7) is 3.22. The smallest absolute Gasteiger partial charge is 0.214 e. The second kappa shape index (κ2) is 6.32. The summed E-state index contributed by atoms with van der Waals surface area (Å²) in [5.41, 5.74) is 0. The Morgan fingerprint density at radius 1 is 1.06 bits per heavy atom. The van der Waals surface area contributed by atoms with Gasteiger partial charge < -0.3 is 10.4 Å². The van der Waals surface area contributed by atoms with Crippen LogP contribution in [0.5, 0.6) is 0 Å². The van der Waals surface area contributed by atoms with Gasteiger partial charge in [0.1, 0.15) is 0 Å². The zero-order valence-corrected chi connectivity index (χ0v) is 11.7. The van der Waals surface area contributed by atoms with Gasteiger partial charge in [-0.2, -0.15) is 0 Å². The lowest BCUT2D eigenvalue weighted by molar-refractivity contribution is 0.169. The average Bonchev–Trinajstić information content (AvgIpc) is 2.39. The minimum atomic E-state index is -3.09. The van der Waals surface area contributed by atoms with E-state index >= 15 is 0 Å². The first-order valence-electron chi connectivity index (χ1n) is 6.91. The van der Waals surface area contributed by atoms with E-state index in [1.807, 2.05) is 0 Å². The van der Waals surface area contributed by atoms with Crippen LogP contribution in [0, 0.1) is 11.8 Å². The summed E-state index contributed by atoms with van der Waals surface area (Å²) in [5, 5.41) is 12.3. The summed E-state index contributed by atoms with van der Waals surface area (Å²) < 4.78 is 26.2. The minimum Gasteiger partial charge on any atom is -0.396 e. The summed E-state index contributed by atoms with van der Waals surface area (Å²) in [6, 6.07) is 0. The maximum absolute atomic E-state index is 12.3. The highest BCUT2D eigenvalue weighted by Crippen LogP contribution is 2.22. The van der Waals surface area contributed by atoms with Crippen LogP contribution in [0.1, 0.15) is 25.7 Å². The van der Waals surface area contributed by atoms with Crippen LogP contribution >= 0.6 is 0 Å². The van der Waals surface area contributed by atoms with Gasteiger partial charge in [-0.3, -0.25) is 0 Å². The normalized spacial score (nSPS) is 25.4. The van der Waals surface area contributed by atoms with Crippen LogP contribution in [0.15, 0.2) is 0 Å². The average molecular weight is 276 g/mol. The number of rotatable bonds is 4. The van der Waals surface area contributed by atoms with E-state index in [1.54, 1.807) is 4.31 Å². The van der Waals surface area contributed by atoms with E-state index in [-0.39, 0.29) is 12.5 Å². The van der Waals surface area contributed by atoms with E-state index in [4.69, 9.17) is 5.11 Å². The van der Waals surface area contributed by atoms with Crippen molar-refractivity contribution in [3.8, 4) is 0 Å². The van der Waals surface area contributed by atoms with Gasteiger partial charge >= 0.3 is 0 Å². The van der Waals surface area contributed by atoms with Crippen molar-refractivity contribution in [3.05, 3.63) is 0 Å². The van der Waals surface area contributed by atoms with Crippen molar-refractivity contribution in [3.63, 3.8) is 0 Å². The van der Waals surface area contributed by atoms with Crippen LogP contribution in [-0.4, -0.2) is 56.4 Å². The second-order valence-electron chi connectivity index (χ2n) is 5.50. The van der Waals surface area contributed by atoms with Gasteiger partial charge in [0.25, 0.3) is 0 Å². The molecule has 0 atom stereocenters. The fourth-order valence-corrected chi connectivity index (χ4v) is 4.73. The van der Waals surface area contributed by atoms with Gasteiger partial charge in [-0.05, 0) is 50.6 Å². The standard InChI is InChI=1S/C12H24N2O3S/c15-9-11-3-7-14(8-4-11)18(16,17)10-12-1-5-13-6-2-12/h11-13,15H,1-10H2. The fourth-order valence-electron chi connectivity index (χ4n) is 2.82. The van der Waals surface area contributed by atoms with Crippen molar-refractivity contribution in [1.29, 1.82) is 0 Å². The van der Waals surface area contributed by atoms with E-state index in [9.17, 15) is 8.42 Å². The molecule has 2 saturated heterocycles. The molecule has 6 heteroatoms. The van der Waals surface area contributed by atoms with Gasteiger partial charge in [0.2, 0.25) is 10.0 Å². The number of hydrogen-bond acceptors (Lipinski definition) is 4. The Bertz CT molecular complexity index is 344. The molecule has 2 aliphatic heterocycles. The Balaban J connectivity index is 1.86. The molecule has 0 saturated carbocycles.